The van der Waals surface area contributed by atoms with Crippen molar-refractivity contribution in [3.63, 3.8) is 0 Å². The largest absolute Gasteiger partial charge is 0.0845 e. The molecular weight excluding hydrogens is 144 g/mol. The molecule has 0 aromatic rings. The molecule has 0 amide bonds. The summed E-state index contributed by atoms with van der Waals surface area (Å²) in [6.07, 6.45) is 17.2. The summed E-state index contributed by atoms with van der Waals surface area (Å²) in [6.45, 7) is 5.81. The summed E-state index contributed by atoms with van der Waals surface area (Å²) in [6, 6.07) is 0. The minimum atomic E-state index is 1.20. The third-order valence-corrected chi connectivity index (χ3v) is 1.58. The topological polar surface area (TPSA) is 0 Å². The maximum Gasteiger partial charge on any atom is -0.0313 e. The van der Waals surface area contributed by atoms with Crippen LogP contribution in [-0.2, 0) is 0 Å². The quantitative estimate of drug-likeness (QED) is 0.409. The molecule has 0 aliphatic rings. The Kier molecular flexibility index (Phi) is 9.56. The molecule has 0 heterocycles. The van der Waals surface area contributed by atoms with E-state index in [0.29, 0.717) is 0 Å². The summed E-state index contributed by atoms with van der Waals surface area (Å²) in [5, 5.41) is 0. The van der Waals surface area contributed by atoms with Gasteiger partial charge in [-0.25, -0.2) is 0 Å². The van der Waals surface area contributed by atoms with E-state index in [1.807, 2.05) is 18.2 Å². The summed E-state index contributed by atoms with van der Waals surface area (Å²) in [5.74, 6) is 0. The van der Waals surface area contributed by atoms with Crippen LogP contribution in [-0.4, -0.2) is 0 Å². The van der Waals surface area contributed by atoms with Crippen molar-refractivity contribution in [2.45, 2.75) is 32.6 Å². The van der Waals surface area contributed by atoms with Gasteiger partial charge in [-0.1, -0.05) is 56.2 Å². The molecule has 0 heteroatoms. The van der Waals surface area contributed by atoms with Crippen LogP contribution in [0.15, 0.2) is 36.5 Å². The van der Waals surface area contributed by atoms with Crippen molar-refractivity contribution in [1.29, 1.82) is 0 Å². The Morgan fingerprint density at radius 1 is 1.00 bits per heavy atom. The van der Waals surface area contributed by atoms with E-state index < -0.39 is 0 Å². The molecule has 12 heavy (non-hydrogen) atoms. The summed E-state index contributed by atoms with van der Waals surface area (Å²) in [7, 11) is 0. The van der Waals surface area contributed by atoms with E-state index in [4.69, 9.17) is 0 Å². The Balaban J connectivity index is 3.24. The fraction of sp³-hybridized carbons (Fsp3) is 0.417. The van der Waals surface area contributed by atoms with Crippen molar-refractivity contribution in [3.8, 4) is 0 Å². The van der Waals surface area contributed by atoms with Crippen LogP contribution < -0.4 is 0 Å². The zero-order chi connectivity index (χ0) is 9.07. The highest BCUT2D eigenvalue weighted by Gasteiger charge is 1.79. The number of hydrogen-bond donors (Lipinski definition) is 0. The molecule has 0 saturated carbocycles. The lowest BCUT2D eigenvalue weighted by atomic mass is 10.2. The Hall–Kier alpha value is -0.780. The number of unbranched alkanes of at least 4 members (excludes halogenated alkanes) is 3. The molecule has 0 aliphatic carbocycles. The molecule has 0 spiro atoms. The van der Waals surface area contributed by atoms with Crippen LogP contribution in [0.25, 0.3) is 0 Å². The zero-order valence-electron chi connectivity index (χ0n) is 8.00. The third kappa shape index (κ3) is 9.22. The minimum absolute atomic E-state index is 1.20. The molecule has 0 aromatic heterocycles. The van der Waals surface area contributed by atoms with Gasteiger partial charge in [-0.3, -0.25) is 0 Å². The molecule has 0 aliphatic heterocycles. The molecule has 0 aromatic carbocycles. The van der Waals surface area contributed by atoms with Gasteiger partial charge in [-0.15, -0.1) is 0 Å². The van der Waals surface area contributed by atoms with E-state index in [2.05, 4.69) is 26.0 Å². The number of allylic oxidation sites excluding steroid dienone is 6. The van der Waals surface area contributed by atoms with Gasteiger partial charge in [0.25, 0.3) is 0 Å². The maximum atomic E-state index is 3.59. The van der Waals surface area contributed by atoms with E-state index in [9.17, 15) is 0 Å². The van der Waals surface area contributed by atoms with Gasteiger partial charge in [-0.2, -0.15) is 0 Å². The van der Waals surface area contributed by atoms with Crippen molar-refractivity contribution in [2.75, 3.05) is 0 Å². The summed E-state index contributed by atoms with van der Waals surface area (Å²) < 4.78 is 0. The van der Waals surface area contributed by atoms with Crippen LogP contribution in [0, 0.1) is 6.92 Å². The smallest absolute Gasteiger partial charge is 0.0313 e. The normalized spacial score (nSPS) is 12.5. The lowest BCUT2D eigenvalue weighted by Gasteiger charge is -1.89. The lowest BCUT2D eigenvalue weighted by molar-refractivity contribution is 0.729. The lowest BCUT2D eigenvalue weighted by Crippen LogP contribution is -1.69. The monoisotopic (exact) mass is 163 g/mol. The molecule has 0 N–H and O–H groups in total. The summed E-state index contributed by atoms with van der Waals surface area (Å²) >= 11 is 0. The molecule has 0 fully saturated rings. The summed E-state index contributed by atoms with van der Waals surface area (Å²) in [4.78, 5) is 0. The first-order chi connectivity index (χ1) is 5.91. The van der Waals surface area contributed by atoms with Crippen molar-refractivity contribution >= 4 is 0 Å². The second kappa shape index (κ2) is 10.2. The van der Waals surface area contributed by atoms with Crippen molar-refractivity contribution < 1.29 is 0 Å². The van der Waals surface area contributed by atoms with E-state index >= 15 is 0 Å². The van der Waals surface area contributed by atoms with Crippen LogP contribution in [0.4, 0.5) is 0 Å². The molecule has 0 bridgehead atoms. The van der Waals surface area contributed by atoms with Crippen molar-refractivity contribution in [2.24, 2.45) is 0 Å². The third-order valence-electron chi connectivity index (χ3n) is 1.58. The fourth-order valence-corrected chi connectivity index (χ4v) is 0.894. The predicted octanol–water partition coefficient (Wildman–Crippen LogP) is 4.07. The Labute approximate surface area is 76.7 Å². The minimum Gasteiger partial charge on any atom is -0.0845 e. The van der Waals surface area contributed by atoms with Gasteiger partial charge in [0, 0.05) is 0 Å². The number of hydrogen-bond acceptors (Lipinski definition) is 0. The van der Waals surface area contributed by atoms with E-state index in [-0.39, 0.29) is 0 Å². The van der Waals surface area contributed by atoms with E-state index in [0.717, 1.165) is 0 Å². The second-order valence-electron chi connectivity index (χ2n) is 2.74. The van der Waals surface area contributed by atoms with Gasteiger partial charge >= 0.3 is 0 Å². The van der Waals surface area contributed by atoms with Crippen molar-refractivity contribution in [3.05, 3.63) is 43.4 Å². The first kappa shape index (κ1) is 11.2. The van der Waals surface area contributed by atoms with E-state index in [1.165, 1.54) is 25.7 Å². The van der Waals surface area contributed by atoms with Crippen molar-refractivity contribution in [1.82, 2.24) is 0 Å². The molecule has 0 nitrogen and oxygen atoms in total. The highest BCUT2D eigenvalue weighted by Crippen LogP contribution is 1.99. The molecule has 0 saturated heterocycles. The van der Waals surface area contributed by atoms with Gasteiger partial charge in [0.1, 0.15) is 0 Å². The van der Waals surface area contributed by atoms with Crippen LogP contribution in [0.2, 0.25) is 0 Å². The average molecular weight is 163 g/mol. The zero-order valence-corrected chi connectivity index (χ0v) is 8.00. The molecule has 0 rings (SSSR count). The van der Waals surface area contributed by atoms with Gasteiger partial charge in [0.2, 0.25) is 0 Å². The molecule has 1 radical (unpaired) electrons. The van der Waals surface area contributed by atoms with Crippen LogP contribution in [0.5, 0.6) is 0 Å². The summed E-state index contributed by atoms with van der Waals surface area (Å²) in [5.41, 5.74) is 0. The SMILES string of the molecule is [CH2]/C=C/C=C/C=C/CCCCC. The van der Waals surface area contributed by atoms with E-state index in [1.54, 1.807) is 6.08 Å². The average Bonchev–Trinajstić information content (AvgIpc) is 2.10. The molecule has 0 unspecified atom stereocenters. The molecule has 67 valence electrons. The van der Waals surface area contributed by atoms with Gasteiger partial charge in [-0.05, 0) is 19.8 Å². The fourth-order valence-electron chi connectivity index (χ4n) is 0.894. The van der Waals surface area contributed by atoms with Gasteiger partial charge in [0.05, 0.1) is 0 Å². The van der Waals surface area contributed by atoms with Gasteiger partial charge < -0.3 is 0 Å². The highest BCUT2D eigenvalue weighted by molar-refractivity contribution is 5.11. The van der Waals surface area contributed by atoms with Crippen LogP contribution >= 0.6 is 0 Å². The Morgan fingerprint density at radius 2 is 1.75 bits per heavy atom. The first-order valence-electron chi connectivity index (χ1n) is 4.69. The Bertz CT molecular complexity index is 149. The predicted molar refractivity (Wildman–Crippen MR) is 56.9 cm³/mol. The standard InChI is InChI=1S/C12H19/c1-3-5-7-9-11-12-10-8-6-4-2/h3,5,7,9,11-12H,1,4,6,8,10H2,2H3/b5-3+,9-7+,12-11+. The maximum absolute atomic E-state index is 3.59. The highest BCUT2D eigenvalue weighted by atomic mass is 13.9. The second-order valence-corrected chi connectivity index (χ2v) is 2.74. The Morgan fingerprint density at radius 3 is 2.42 bits per heavy atom. The molecule has 0 atom stereocenters. The van der Waals surface area contributed by atoms with Crippen LogP contribution in [0.1, 0.15) is 32.6 Å². The van der Waals surface area contributed by atoms with Crippen LogP contribution in [0.3, 0.4) is 0 Å². The number of rotatable bonds is 6. The van der Waals surface area contributed by atoms with Gasteiger partial charge in [0.15, 0.2) is 0 Å². The molecular formula is C12H19. The first-order valence-corrected chi connectivity index (χ1v) is 4.69.